The van der Waals surface area contributed by atoms with Gasteiger partial charge in [0.15, 0.2) is 0 Å². The van der Waals surface area contributed by atoms with Crippen LogP contribution in [-0.4, -0.2) is 77.6 Å². The molecular formula is C15H21N5O3. The summed E-state index contributed by atoms with van der Waals surface area (Å²) in [6.45, 7) is 4.34. The van der Waals surface area contributed by atoms with E-state index in [0.717, 1.165) is 19.5 Å². The molecule has 0 bridgehead atoms. The van der Waals surface area contributed by atoms with Crippen molar-refractivity contribution in [1.29, 1.82) is 0 Å². The molecule has 2 fully saturated rings. The van der Waals surface area contributed by atoms with E-state index in [0.29, 0.717) is 45.2 Å². The molecule has 124 valence electrons. The monoisotopic (exact) mass is 319 g/mol. The van der Waals surface area contributed by atoms with Crippen LogP contribution in [0.2, 0.25) is 0 Å². The number of cyclic esters (lactones) is 1. The largest absolute Gasteiger partial charge is 0.449 e. The van der Waals surface area contributed by atoms with Gasteiger partial charge in [-0.1, -0.05) is 0 Å². The Hall–Kier alpha value is -2.38. The van der Waals surface area contributed by atoms with Crippen molar-refractivity contribution in [2.75, 3.05) is 50.8 Å². The van der Waals surface area contributed by atoms with Crippen molar-refractivity contribution in [2.24, 2.45) is 0 Å². The molecule has 0 radical (unpaired) electrons. The smallest absolute Gasteiger partial charge is 0.409 e. The molecule has 2 aliphatic rings. The number of carbonyl (C=O) groups is 2. The third-order valence-corrected chi connectivity index (χ3v) is 4.12. The number of amides is 2. The topological polar surface area (TPSA) is 78.9 Å². The molecule has 0 saturated carbocycles. The van der Waals surface area contributed by atoms with Crippen LogP contribution >= 0.6 is 0 Å². The van der Waals surface area contributed by atoms with Gasteiger partial charge in [-0.2, -0.15) is 0 Å². The Kier molecular flexibility index (Phi) is 4.89. The molecule has 0 unspecified atom stereocenters. The number of hydrogen-bond acceptors (Lipinski definition) is 6. The van der Waals surface area contributed by atoms with Gasteiger partial charge in [-0.25, -0.2) is 14.8 Å². The number of nitrogens with zero attached hydrogens (tertiary/aromatic N) is 5. The molecule has 1 aromatic heterocycles. The lowest BCUT2D eigenvalue weighted by atomic mass is 10.2. The molecule has 1 aromatic rings. The Bertz CT molecular complexity index is 545. The second-order valence-electron chi connectivity index (χ2n) is 5.62. The summed E-state index contributed by atoms with van der Waals surface area (Å²) < 4.78 is 4.97. The molecule has 8 nitrogen and oxygen atoms in total. The Morgan fingerprint density at radius 1 is 1.13 bits per heavy atom. The predicted molar refractivity (Wildman–Crippen MR) is 83.0 cm³/mol. The fourth-order valence-electron chi connectivity index (χ4n) is 2.80. The van der Waals surface area contributed by atoms with Gasteiger partial charge in [0, 0.05) is 58.1 Å². The standard InChI is InChI=1S/C15H21N5O3/c21-13(3-7-20-6-2-12-23-15(20)22)18-8-10-19(11-9-18)14-16-4-1-5-17-14/h1,4-5H,2-3,6-12H2. The molecule has 0 spiro atoms. The highest BCUT2D eigenvalue weighted by Crippen LogP contribution is 2.11. The van der Waals surface area contributed by atoms with E-state index in [1.165, 1.54) is 0 Å². The van der Waals surface area contributed by atoms with Crippen molar-refractivity contribution < 1.29 is 14.3 Å². The minimum atomic E-state index is -0.310. The van der Waals surface area contributed by atoms with Crippen molar-refractivity contribution in [3.8, 4) is 0 Å². The highest BCUT2D eigenvalue weighted by molar-refractivity contribution is 5.77. The summed E-state index contributed by atoms with van der Waals surface area (Å²) >= 11 is 0. The number of rotatable bonds is 4. The van der Waals surface area contributed by atoms with E-state index in [1.54, 1.807) is 23.4 Å². The van der Waals surface area contributed by atoms with Crippen molar-refractivity contribution in [2.45, 2.75) is 12.8 Å². The van der Waals surface area contributed by atoms with Crippen LogP contribution in [-0.2, 0) is 9.53 Å². The Labute approximate surface area is 135 Å². The van der Waals surface area contributed by atoms with Crippen LogP contribution in [0.3, 0.4) is 0 Å². The summed E-state index contributed by atoms with van der Waals surface area (Å²) in [5.74, 6) is 0.785. The van der Waals surface area contributed by atoms with Gasteiger partial charge in [-0.05, 0) is 12.5 Å². The molecule has 0 atom stereocenters. The number of hydrogen-bond donors (Lipinski definition) is 0. The summed E-state index contributed by atoms with van der Waals surface area (Å²) in [7, 11) is 0. The van der Waals surface area contributed by atoms with Crippen LogP contribution < -0.4 is 4.90 Å². The average Bonchev–Trinajstić information content (AvgIpc) is 2.62. The zero-order chi connectivity index (χ0) is 16.1. The van der Waals surface area contributed by atoms with E-state index >= 15 is 0 Å². The van der Waals surface area contributed by atoms with Gasteiger partial charge < -0.3 is 19.4 Å². The zero-order valence-electron chi connectivity index (χ0n) is 13.1. The highest BCUT2D eigenvalue weighted by atomic mass is 16.6. The number of piperazine rings is 1. The first-order valence-electron chi connectivity index (χ1n) is 7.95. The quantitative estimate of drug-likeness (QED) is 0.797. The molecule has 3 heterocycles. The Morgan fingerprint density at radius 3 is 2.57 bits per heavy atom. The fourth-order valence-corrected chi connectivity index (χ4v) is 2.80. The molecule has 0 N–H and O–H groups in total. The molecule has 0 aliphatic carbocycles. The summed E-state index contributed by atoms with van der Waals surface area (Å²) in [5.41, 5.74) is 0. The van der Waals surface area contributed by atoms with E-state index in [1.807, 2.05) is 4.90 Å². The van der Waals surface area contributed by atoms with Crippen LogP contribution in [0.4, 0.5) is 10.7 Å². The number of ether oxygens (including phenoxy) is 1. The van der Waals surface area contributed by atoms with Gasteiger partial charge in [-0.15, -0.1) is 0 Å². The second kappa shape index (κ2) is 7.26. The number of anilines is 1. The van der Waals surface area contributed by atoms with Gasteiger partial charge in [0.05, 0.1) is 6.61 Å². The minimum absolute atomic E-state index is 0.0806. The molecule has 23 heavy (non-hydrogen) atoms. The van der Waals surface area contributed by atoms with Crippen LogP contribution in [0.15, 0.2) is 18.5 Å². The first-order valence-corrected chi connectivity index (χ1v) is 7.95. The van der Waals surface area contributed by atoms with Crippen molar-refractivity contribution >= 4 is 17.9 Å². The molecular weight excluding hydrogens is 298 g/mol. The van der Waals surface area contributed by atoms with Crippen molar-refractivity contribution in [1.82, 2.24) is 19.8 Å². The first-order chi connectivity index (χ1) is 11.2. The molecule has 2 amide bonds. The fraction of sp³-hybridized carbons (Fsp3) is 0.600. The molecule has 0 aromatic carbocycles. The van der Waals surface area contributed by atoms with Crippen molar-refractivity contribution in [3.05, 3.63) is 18.5 Å². The minimum Gasteiger partial charge on any atom is -0.449 e. The lowest BCUT2D eigenvalue weighted by Gasteiger charge is -2.35. The summed E-state index contributed by atoms with van der Waals surface area (Å²) in [6.07, 6.45) is 4.30. The molecule has 2 saturated heterocycles. The lowest BCUT2D eigenvalue weighted by molar-refractivity contribution is -0.131. The molecule has 2 aliphatic heterocycles. The van der Waals surface area contributed by atoms with E-state index in [9.17, 15) is 9.59 Å². The number of carbonyl (C=O) groups excluding carboxylic acids is 2. The Morgan fingerprint density at radius 2 is 1.87 bits per heavy atom. The second-order valence-corrected chi connectivity index (χ2v) is 5.62. The predicted octanol–water partition coefficient (Wildman–Crippen LogP) is 0.358. The van der Waals surface area contributed by atoms with E-state index in [-0.39, 0.29) is 12.0 Å². The van der Waals surface area contributed by atoms with Gasteiger partial charge >= 0.3 is 6.09 Å². The van der Waals surface area contributed by atoms with Gasteiger partial charge in [0.1, 0.15) is 0 Å². The zero-order valence-corrected chi connectivity index (χ0v) is 13.1. The third-order valence-electron chi connectivity index (χ3n) is 4.12. The van der Waals surface area contributed by atoms with E-state index in [4.69, 9.17) is 4.74 Å². The van der Waals surface area contributed by atoms with Crippen LogP contribution in [0.5, 0.6) is 0 Å². The molecule has 8 heteroatoms. The SMILES string of the molecule is O=C(CCN1CCCOC1=O)N1CCN(c2ncccn2)CC1. The summed E-state index contributed by atoms with van der Waals surface area (Å²) in [4.78, 5) is 37.8. The first kappa shape index (κ1) is 15.5. The Balaban J connectivity index is 1.44. The summed E-state index contributed by atoms with van der Waals surface area (Å²) in [6, 6.07) is 1.79. The van der Waals surface area contributed by atoms with Gasteiger partial charge in [0.2, 0.25) is 11.9 Å². The van der Waals surface area contributed by atoms with Crippen molar-refractivity contribution in [3.63, 3.8) is 0 Å². The normalized spacial score (nSPS) is 18.8. The van der Waals surface area contributed by atoms with E-state index in [2.05, 4.69) is 14.9 Å². The third kappa shape index (κ3) is 3.88. The maximum Gasteiger partial charge on any atom is 0.409 e. The lowest BCUT2D eigenvalue weighted by Crippen LogP contribution is -2.50. The average molecular weight is 319 g/mol. The summed E-state index contributed by atoms with van der Waals surface area (Å²) in [5, 5.41) is 0. The van der Waals surface area contributed by atoms with Crippen LogP contribution in [0, 0.1) is 0 Å². The van der Waals surface area contributed by atoms with E-state index < -0.39 is 0 Å². The van der Waals surface area contributed by atoms with Gasteiger partial charge in [0.25, 0.3) is 0 Å². The van der Waals surface area contributed by atoms with Gasteiger partial charge in [-0.3, -0.25) is 4.79 Å². The van der Waals surface area contributed by atoms with Crippen LogP contribution in [0.1, 0.15) is 12.8 Å². The van der Waals surface area contributed by atoms with Crippen LogP contribution in [0.25, 0.3) is 0 Å². The number of aromatic nitrogens is 2. The highest BCUT2D eigenvalue weighted by Gasteiger charge is 2.24. The maximum absolute atomic E-state index is 12.3. The molecule has 3 rings (SSSR count). The maximum atomic E-state index is 12.3.